The van der Waals surface area contributed by atoms with Crippen molar-refractivity contribution in [2.24, 2.45) is 0 Å². The van der Waals surface area contributed by atoms with Crippen molar-refractivity contribution in [3.05, 3.63) is 42.2 Å². The molecular weight excluding hydrogens is 292 g/mol. The third kappa shape index (κ3) is 2.79. The lowest BCUT2D eigenvalue weighted by Crippen LogP contribution is -2.11. The molecule has 23 heavy (non-hydrogen) atoms. The molecule has 1 N–H and O–H groups in total. The Morgan fingerprint density at radius 3 is 2.96 bits per heavy atom. The van der Waals surface area contributed by atoms with E-state index < -0.39 is 0 Å². The van der Waals surface area contributed by atoms with E-state index in [4.69, 9.17) is 0 Å². The minimum absolute atomic E-state index is 0.631. The van der Waals surface area contributed by atoms with Crippen molar-refractivity contribution in [1.29, 1.82) is 0 Å². The number of rotatable bonds is 4. The molecule has 0 atom stereocenters. The molecule has 0 saturated heterocycles. The molecule has 2 aromatic heterocycles. The largest absolute Gasteiger partial charge is 0.376 e. The summed E-state index contributed by atoms with van der Waals surface area (Å²) in [4.78, 5) is 0. The van der Waals surface area contributed by atoms with Crippen LogP contribution in [0.25, 0.3) is 5.69 Å². The van der Waals surface area contributed by atoms with Crippen LogP contribution >= 0.6 is 0 Å². The Bertz CT molecular complexity index is 777. The van der Waals surface area contributed by atoms with Crippen LogP contribution in [0.1, 0.15) is 30.9 Å². The predicted molar refractivity (Wildman–Crippen MR) is 84.1 cm³/mol. The Kier molecular flexibility index (Phi) is 3.71. The van der Waals surface area contributed by atoms with E-state index in [1.165, 1.54) is 19.3 Å². The summed E-state index contributed by atoms with van der Waals surface area (Å²) in [6.07, 6.45) is 6.27. The summed E-state index contributed by atoms with van der Waals surface area (Å²) in [6, 6.07) is 7.94. The number of fused-ring (bicyclic) bond motifs is 1. The molecule has 0 unspecified atom stereocenters. The number of aryl methyl sites for hydroxylation is 1. The minimum atomic E-state index is 0.631. The molecule has 0 amide bonds. The van der Waals surface area contributed by atoms with E-state index in [-0.39, 0.29) is 0 Å². The lowest BCUT2D eigenvalue weighted by atomic mass is 10.2. The molecule has 1 aromatic carbocycles. The summed E-state index contributed by atoms with van der Waals surface area (Å²) in [7, 11) is 0. The van der Waals surface area contributed by atoms with Crippen LogP contribution < -0.4 is 5.32 Å². The monoisotopic (exact) mass is 310 g/mol. The molecule has 4 rings (SSSR count). The Hall–Kier alpha value is -2.77. The molecule has 0 radical (unpaired) electrons. The Morgan fingerprint density at radius 1 is 1.09 bits per heavy atom. The van der Waals surface area contributed by atoms with Crippen LogP contribution in [0.15, 0.2) is 30.6 Å². The maximum Gasteiger partial charge on any atom is 0.152 e. The van der Waals surface area contributed by atoms with Gasteiger partial charge in [0.1, 0.15) is 12.2 Å². The van der Waals surface area contributed by atoms with Crippen LogP contribution in [-0.4, -0.2) is 35.0 Å². The lowest BCUT2D eigenvalue weighted by Gasteiger charge is -2.12. The minimum Gasteiger partial charge on any atom is -0.376 e. The summed E-state index contributed by atoms with van der Waals surface area (Å²) >= 11 is 0. The molecule has 0 fully saturated rings. The van der Waals surface area contributed by atoms with Gasteiger partial charge in [-0.2, -0.15) is 4.68 Å². The highest BCUT2D eigenvalue weighted by molar-refractivity contribution is 5.60. The van der Waals surface area contributed by atoms with Gasteiger partial charge in [-0.15, -0.1) is 15.3 Å². The van der Waals surface area contributed by atoms with Crippen molar-refractivity contribution in [3.8, 4) is 5.69 Å². The quantitative estimate of drug-likeness (QED) is 0.787. The normalized spacial score (nSPS) is 14.3. The van der Waals surface area contributed by atoms with E-state index in [0.29, 0.717) is 6.54 Å². The van der Waals surface area contributed by atoms with Gasteiger partial charge in [-0.1, -0.05) is 18.6 Å². The number of para-hydroxylation sites is 2. The van der Waals surface area contributed by atoms with Crippen molar-refractivity contribution in [3.63, 3.8) is 0 Å². The molecular formula is C15H18N8. The Morgan fingerprint density at radius 2 is 2.04 bits per heavy atom. The van der Waals surface area contributed by atoms with E-state index in [1.807, 2.05) is 24.3 Å². The zero-order valence-electron chi connectivity index (χ0n) is 12.8. The fourth-order valence-corrected chi connectivity index (χ4v) is 2.94. The maximum atomic E-state index is 4.35. The van der Waals surface area contributed by atoms with Crippen molar-refractivity contribution >= 4 is 5.69 Å². The first kappa shape index (κ1) is 13.9. The van der Waals surface area contributed by atoms with Crippen LogP contribution in [0.2, 0.25) is 0 Å². The molecule has 3 aromatic rings. The number of hydrogen-bond acceptors (Lipinski definition) is 6. The number of anilines is 1. The van der Waals surface area contributed by atoms with Gasteiger partial charge >= 0.3 is 0 Å². The first-order chi connectivity index (χ1) is 11.4. The molecule has 1 aliphatic rings. The fourth-order valence-electron chi connectivity index (χ4n) is 2.94. The smallest absolute Gasteiger partial charge is 0.152 e. The number of tetrazole rings is 1. The number of aromatic nitrogens is 7. The topological polar surface area (TPSA) is 86.3 Å². The Balaban J connectivity index is 1.55. The average molecular weight is 310 g/mol. The average Bonchev–Trinajstić information content (AvgIpc) is 3.19. The van der Waals surface area contributed by atoms with Gasteiger partial charge in [0, 0.05) is 13.0 Å². The van der Waals surface area contributed by atoms with Crippen LogP contribution in [-0.2, 0) is 19.5 Å². The number of benzene rings is 1. The number of nitrogens with zero attached hydrogens (tertiary/aromatic N) is 7. The zero-order valence-corrected chi connectivity index (χ0v) is 12.8. The fraction of sp³-hybridized carbons (Fsp3) is 0.400. The lowest BCUT2D eigenvalue weighted by molar-refractivity contribution is 0.610. The summed E-state index contributed by atoms with van der Waals surface area (Å²) in [6.45, 7) is 1.64. The molecule has 8 heteroatoms. The molecule has 3 heterocycles. The highest BCUT2D eigenvalue weighted by Gasteiger charge is 2.15. The van der Waals surface area contributed by atoms with Gasteiger partial charge in [-0.05, 0) is 35.4 Å². The van der Waals surface area contributed by atoms with Crippen LogP contribution in [0.3, 0.4) is 0 Å². The van der Waals surface area contributed by atoms with Crippen molar-refractivity contribution in [2.75, 3.05) is 5.32 Å². The summed E-state index contributed by atoms with van der Waals surface area (Å²) in [5.41, 5.74) is 1.87. The van der Waals surface area contributed by atoms with Gasteiger partial charge in [0.15, 0.2) is 5.82 Å². The third-order valence-electron chi connectivity index (χ3n) is 4.12. The van der Waals surface area contributed by atoms with Gasteiger partial charge < -0.3 is 9.88 Å². The zero-order chi connectivity index (χ0) is 15.5. The van der Waals surface area contributed by atoms with E-state index in [1.54, 1.807) is 11.0 Å². The van der Waals surface area contributed by atoms with Crippen molar-refractivity contribution < 1.29 is 0 Å². The van der Waals surface area contributed by atoms with E-state index in [9.17, 15) is 0 Å². The molecule has 8 nitrogen and oxygen atoms in total. The first-order valence-electron chi connectivity index (χ1n) is 7.89. The van der Waals surface area contributed by atoms with E-state index in [0.717, 1.165) is 36.0 Å². The number of nitrogens with one attached hydrogen (secondary N) is 1. The molecule has 1 aliphatic heterocycles. The molecule has 0 bridgehead atoms. The van der Waals surface area contributed by atoms with Crippen molar-refractivity contribution in [2.45, 2.75) is 38.8 Å². The second-order valence-electron chi connectivity index (χ2n) is 5.62. The van der Waals surface area contributed by atoms with E-state index >= 15 is 0 Å². The molecule has 118 valence electrons. The van der Waals surface area contributed by atoms with Gasteiger partial charge in [0.05, 0.1) is 17.9 Å². The summed E-state index contributed by atoms with van der Waals surface area (Å²) < 4.78 is 3.90. The highest BCUT2D eigenvalue weighted by Crippen LogP contribution is 2.20. The number of hydrogen-bond donors (Lipinski definition) is 1. The highest BCUT2D eigenvalue weighted by atomic mass is 15.5. The Labute approximate surface area is 133 Å². The second-order valence-corrected chi connectivity index (χ2v) is 5.62. The second kappa shape index (κ2) is 6.15. The summed E-state index contributed by atoms with van der Waals surface area (Å²) in [5, 5.41) is 23.5. The van der Waals surface area contributed by atoms with Crippen LogP contribution in [0.5, 0.6) is 0 Å². The van der Waals surface area contributed by atoms with Gasteiger partial charge in [0.2, 0.25) is 0 Å². The van der Waals surface area contributed by atoms with Crippen molar-refractivity contribution in [1.82, 2.24) is 35.0 Å². The van der Waals surface area contributed by atoms with E-state index in [2.05, 4.69) is 35.6 Å². The summed E-state index contributed by atoms with van der Waals surface area (Å²) in [5.74, 6) is 2.08. The SMILES string of the molecule is c1ccc(-n2cnnn2)c(NCc2nnc3n2CCCCC3)c1. The molecule has 0 saturated carbocycles. The third-order valence-corrected chi connectivity index (χ3v) is 4.12. The predicted octanol–water partition coefficient (Wildman–Crippen LogP) is 1.59. The van der Waals surface area contributed by atoms with Gasteiger partial charge in [-0.25, -0.2) is 0 Å². The first-order valence-corrected chi connectivity index (χ1v) is 7.89. The maximum absolute atomic E-state index is 4.35. The van der Waals surface area contributed by atoms with Gasteiger partial charge in [-0.3, -0.25) is 0 Å². The molecule has 0 aliphatic carbocycles. The van der Waals surface area contributed by atoms with Crippen LogP contribution in [0.4, 0.5) is 5.69 Å². The molecule has 0 spiro atoms. The standard InChI is InChI=1S/C15H18N8/c1-2-8-14-18-19-15(22(14)9-5-1)10-16-12-6-3-4-7-13(12)23-11-17-20-21-23/h3-4,6-7,11,16H,1-2,5,8-10H2. The van der Waals surface area contributed by atoms with Crippen LogP contribution in [0, 0.1) is 0 Å². The van der Waals surface area contributed by atoms with Gasteiger partial charge in [0.25, 0.3) is 0 Å².